The molecule has 0 aromatic heterocycles. The Morgan fingerprint density at radius 2 is 1.73 bits per heavy atom. The minimum absolute atomic E-state index is 0.152. The van der Waals surface area contributed by atoms with Crippen LogP contribution in [0.4, 0.5) is 0 Å². The standard InChI is InChI=1S/C24H30N2O4/c1-17(30-21-6-3-2-4-7-21)23(28)29-16-22(27)26(9-5-8-25)24-13-18-10-19(14-24)12-20(11-18)15-24/h2-4,6-7,17-20H,5,9-16H2,1H3/t17-,18?,19?,20?,24?/m1/s1. The monoisotopic (exact) mass is 410 g/mol. The molecule has 160 valence electrons. The average molecular weight is 411 g/mol. The van der Waals surface area contributed by atoms with E-state index in [1.807, 2.05) is 23.1 Å². The number of benzene rings is 1. The van der Waals surface area contributed by atoms with Crippen LogP contribution in [0.25, 0.3) is 0 Å². The minimum Gasteiger partial charge on any atom is -0.479 e. The molecule has 1 aromatic rings. The topological polar surface area (TPSA) is 79.6 Å². The molecule has 6 nitrogen and oxygen atoms in total. The van der Waals surface area contributed by atoms with E-state index in [2.05, 4.69) is 6.07 Å². The lowest BCUT2D eigenvalue weighted by Gasteiger charge is -2.60. The normalized spacial score (nSPS) is 29.7. The lowest BCUT2D eigenvalue weighted by molar-refractivity contribution is -0.165. The summed E-state index contributed by atoms with van der Waals surface area (Å²) in [5.74, 6) is 1.91. The molecule has 4 saturated carbocycles. The third kappa shape index (κ3) is 4.30. The van der Waals surface area contributed by atoms with E-state index in [4.69, 9.17) is 14.7 Å². The molecule has 5 rings (SSSR count). The van der Waals surface area contributed by atoms with Gasteiger partial charge in [-0.05, 0) is 75.3 Å². The average Bonchev–Trinajstić information content (AvgIpc) is 2.71. The smallest absolute Gasteiger partial charge is 0.347 e. The summed E-state index contributed by atoms with van der Waals surface area (Å²) in [4.78, 5) is 27.4. The SMILES string of the molecule is C[C@@H](Oc1ccccc1)C(=O)OCC(=O)N(CCC#N)C12CC3CC(CC(C3)C1)C2. The summed E-state index contributed by atoms with van der Waals surface area (Å²) in [5.41, 5.74) is -0.152. The Morgan fingerprint density at radius 3 is 2.30 bits per heavy atom. The molecule has 0 N–H and O–H groups in total. The third-order valence-corrected chi connectivity index (χ3v) is 7.05. The molecule has 1 atom stereocenters. The molecular formula is C24H30N2O4. The summed E-state index contributed by atoms with van der Waals surface area (Å²) in [7, 11) is 0. The molecule has 1 amide bonds. The Hall–Kier alpha value is -2.55. The van der Waals surface area contributed by atoms with E-state index in [0.717, 1.165) is 19.3 Å². The van der Waals surface area contributed by atoms with Gasteiger partial charge in [0.1, 0.15) is 5.75 Å². The summed E-state index contributed by atoms with van der Waals surface area (Å²) in [5, 5.41) is 9.12. The second kappa shape index (κ2) is 8.67. The van der Waals surface area contributed by atoms with Crippen molar-refractivity contribution >= 4 is 11.9 Å². The van der Waals surface area contributed by atoms with Gasteiger partial charge in [-0.15, -0.1) is 0 Å². The van der Waals surface area contributed by atoms with Crippen LogP contribution in [-0.2, 0) is 14.3 Å². The molecule has 4 fully saturated rings. The first-order chi connectivity index (χ1) is 14.5. The molecular weight excluding hydrogens is 380 g/mol. The van der Waals surface area contributed by atoms with Crippen molar-refractivity contribution < 1.29 is 19.1 Å². The molecule has 6 heteroatoms. The Bertz CT molecular complexity index is 781. The van der Waals surface area contributed by atoms with Gasteiger partial charge in [0.25, 0.3) is 5.91 Å². The molecule has 0 radical (unpaired) electrons. The van der Waals surface area contributed by atoms with E-state index >= 15 is 0 Å². The number of carbonyl (C=O) groups excluding carboxylic acids is 2. The van der Waals surface area contributed by atoms with E-state index in [-0.39, 0.29) is 18.1 Å². The number of amides is 1. The molecule has 0 spiro atoms. The first kappa shape index (κ1) is 20.7. The van der Waals surface area contributed by atoms with Crippen molar-refractivity contribution in [1.82, 2.24) is 4.90 Å². The van der Waals surface area contributed by atoms with E-state index in [9.17, 15) is 9.59 Å². The van der Waals surface area contributed by atoms with Gasteiger partial charge in [-0.2, -0.15) is 5.26 Å². The van der Waals surface area contributed by atoms with Gasteiger partial charge in [-0.25, -0.2) is 4.79 Å². The summed E-state index contributed by atoms with van der Waals surface area (Å²) in [6.07, 6.45) is 6.42. The Labute approximate surface area is 178 Å². The summed E-state index contributed by atoms with van der Waals surface area (Å²) in [6.45, 7) is 1.73. The summed E-state index contributed by atoms with van der Waals surface area (Å²) >= 11 is 0. The van der Waals surface area contributed by atoms with Crippen molar-refractivity contribution in [3.63, 3.8) is 0 Å². The molecule has 4 aliphatic rings. The molecule has 0 aliphatic heterocycles. The molecule has 4 bridgehead atoms. The number of hydrogen-bond donors (Lipinski definition) is 0. The molecule has 4 aliphatic carbocycles. The van der Waals surface area contributed by atoms with Crippen LogP contribution in [0.15, 0.2) is 30.3 Å². The summed E-state index contributed by atoms with van der Waals surface area (Å²) < 4.78 is 10.9. The fourth-order valence-corrected chi connectivity index (χ4v) is 6.26. The maximum atomic E-state index is 13.1. The number of rotatable bonds is 8. The highest BCUT2D eigenvalue weighted by Gasteiger charge is 2.54. The Morgan fingerprint density at radius 1 is 1.13 bits per heavy atom. The van der Waals surface area contributed by atoms with Gasteiger partial charge in [0.05, 0.1) is 12.5 Å². The highest BCUT2D eigenvalue weighted by atomic mass is 16.6. The van der Waals surface area contributed by atoms with Crippen LogP contribution >= 0.6 is 0 Å². The first-order valence-electron chi connectivity index (χ1n) is 11.0. The van der Waals surface area contributed by atoms with Gasteiger partial charge >= 0.3 is 5.97 Å². The van der Waals surface area contributed by atoms with Gasteiger partial charge in [0.2, 0.25) is 0 Å². The Kier molecular flexibility index (Phi) is 5.99. The van der Waals surface area contributed by atoms with E-state index in [0.29, 0.717) is 36.5 Å². The highest BCUT2D eigenvalue weighted by Crippen LogP contribution is 2.57. The predicted molar refractivity (Wildman–Crippen MR) is 110 cm³/mol. The molecule has 30 heavy (non-hydrogen) atoms. The maximum Gasteiger partial charge on any atom is 0.347 e. The quantitative estimate of drug-likeness (QED) is 0.611. The number of hydrogen-bond acceptors (Lipinski definition) is 5. The first-order valence-corrected chi connectivity index (χ1v) is 11.0. The number of para-hydroxylation sites is 1. The second-order valence-corrected chi connectivity index (χ2v) is 9.28. The lowest BCUT2D eigenvalue weighted by atomic mass is 9.52. The molecule has 0 saturated heterocycles. The number of nitrogens with zero attached hydrogens (tertiary/aromatic N) is 2. The van der Waals surface area contributed by atoms with Gasteiger partial charge in [-0.3, -0.25) is 4.79 Å². The minimum atomic E-state index is -0.799. The Balaban J connectivity index is 1.38. The number of esters is 1. The second-order valence-electron chi connectivity index (χ2n) is 9.28. The van der Waals surface area contributed by atoms with Crippen molar-refractivity contribution in [1.29, 1.82) is 5.26 Å². The van der Waals surface area contributed by atoms with Crippen molar-refractivity contribution in [3.8, 4) is 11.8 Å². The van der Waals surface area contributed by atoms with Crippen molar-refractivity contribution in [2.75, 3.05) is 13.2 Å². The zero-order valence-corrected chi connectivity index (χ0v) is 17.6. The zero-order chi connectivity index (χ0) is 21.1. The van der Waals surface area contributed by atoms with Crippen LogP contribution in [0.3, 0.4) is 0 Å². The van der Waals surface area contributed by atoms with E-state index in [1.165, 1.54) is 19.3 Å². The van der Waals surface area contributed by atoms with Crippen molar-refractivity contribution in [3.05, 3.63) is 30.3 Å². The fraction of sp³-hybridized carbons (Fsp3) is 0.625. The predicted octanol–water partition coefficient (Wildman–Crippen LogP) is 3.71. The van der Waals surface area contributed by atoms with Crippen LogP contribution < -0.4 is 4.74 Å². The largest absolute Gasteiger partial charge is 0.479 e. The van der Waals surface area contributed by atoms with Gasteiger partial charge in [-0.1, -0.05) is 18.2 Å². The van der Waals surface area contributed by atoms with Crippen LogP contribution in [0.5, 0.6) is 5.75 Å². The number of ether oxygens (including phenoxy) is 2. The third-order valence-electron chi connectivity index (χ3n) is 7.05. The van der Waals surface area contributed by atoms with Crippen LogP contribution in [0.2, 0.25) is 0 Å². The number of nitriles is 1. The molecule has 0 unspecified atom stereocenters. The van der Waals surface area contributed by atoms with Gasteiger partial charge in [0, 0.05) is 12.1 Å². The van der Waals surface area contributed by atoms with Crippen LogP contribution in [0, 0.1) is 29.1 Å². The van der Waals surface area contributed by atoms with Gasteiger partial charge in [0.15, 0.2) is 12.7 Å². The van der Waals surface area contributed by atoms with E-state index < -0.39 is 12.1 Å². The van der Waals surface area contributed by atoms with Crippen LogP contribution in [0.1, 0.15) is 51.9 Å². The maximum absolute atomic E-state index is 13.1. The van der Waals surface area contributed by atoms with Crippen molar-refractivity contribution in [2.45, 2.75) is 63.5 Å². The fourth-order valence-electron chi connectivity index (χ4n) is 6.26. The molecule has 1 aromatic carbocycles. The van der Waals surface area contributed by atoms with Crippen LogP contribution in [-0.4, -0.2) is 41.6 Å². The number of carbonyl (C=O) groups is 2. The van der Waals surface area contributed by atoms with Gasteiger partial charge < -0.3 is 14.4 Å². The van der Waals surface area contributed by atoms with E-state index in [1.54, 1.807) is 19.1 Å². The zero-order valence-electron chi connectivity index (χ0n) is 17.6. The van der Waals surface area contributed by atoms with Crippen molar-refractivity contribution in [2.24, 2.45) is 17.8 Å². The molecule has 0 heterocycles. The highest BCUT2D eigenvalue weighted by molar-refractivity contribution is 5.82. The lowest BCUT2D eigenvalue weighted by Crippen LogP contribution is -2.62. The summed E-state index contributed by atoms with van der Waals surface area (Å²) in [6, 6.07) is 11.2.